The zero-order valence-electron chi connectivity index (χ0n) is 8.83. The number of carbonyl (C=O) groups excluding carboxylic acids is 1. The number of amides is 1. The van der Waals surface area contributed by atoms with Crippen LogP contribution in [0.15, 0.2) is 22.7 Å². The molecular weight excluding hydrogens is 274 g/mol. The third kappa shape index (κ3) is 2.00. The maximum Gasteiger partial charge on any atom is 0.405 e. The maximum absolute atomic E-state index is 10.8. The van der Waals surface area contributed by atoms with Crippen molar-refractivity contribution in [2.45, 2.75) is 18.4 Å². The van der Waals surface area contributed by atoms with E-state index in [0.717, 1.165) is 28.6 Å². The minimum Gasteiger partial charge on any atom is -0.496 e. The lowest BCUT2D eigenvalue weighted by atomic mass is 10.1. The Morgan fingerprint density at radius 3 is 2.62 bits per heavy atom. The topological polar surface area (TPSA) is 61.6 Å². The molecule has 1 aliphatic rings. The summed E-state index contributed by atoms with van der Waals surface area (Å²) in [4.78, 5) is 10.8. The van der Waals surface area contributed by atoms with E-state index in [4.69, 9.17) is 15.2 Å². The van der Waals surface area contributed by atoms with Crippen LogP contribution < -0.4 is 10.5 Å². The fourth-order valence-corrected chi connectivity index (χ4v) is 2.25. The lowest BCUT2D eigenvalue weighted by Gasteiger charge is -2.16. The molecule has 4 nitrogen and oxygen atoms in total. The second kappa shape index (κ2) is 3.97. The van der Waals surface area contributed by atoms with Gasteiger partial charge in [0.15, 0.2) is 0 Å². The highest BCUT2D eigenvalue weighted by atomic mass is 79.9. The van der Waals surface area contributed by atoms with Crippen molar-refractivity contribution in [2.75, 3.05) is 7.11 Å². The molecule has 16 heavy (non-hydrogen) atoms. The van der Waals surface area contributed by atoms with Gasteiger partial charge in [-0.2, -0.15) is 0 Å². The molecule has 1 fully saturated rings. The molecule has 2 N–H and O–H groups in total. The van der Waals surface area contributed by atoms with E-state index in [0.29, 0.717) is 0 Å². The van der Waals surface area contributed by atoms with E-state index in [2.05, 4.69) is 15.9 Å². The Labute approximate surface area is 102 Å². The first-order valence-electron chi connectivity index (χ1n) is 4.90. The quantitative estimate of drug-likeness (QED) is 0.928. The van der Waals surface area contributed by atoms with Gasteiger partial charge in [0.2, 0.25) is 0 Å². The van der Waals surface area contributed by atoms with Gasteiger partial charge in [-0.1, -0.05) is 6.07 Å². The molecule has 0 spiro atoms. The number of benzene rings is 1. The maximum atomic E-state index is 10.8. The van der Waals surface area contributed by atoms with Gasteiger partial charge in [0.1, 0.15) is 11.4 Å². The highest BCUT2D eigenvalue weighted by molar-refractivity contribution is 9.10. The summed E-state index contributed by atoms with van der Waals surface area (Å²) in [5.74, 6) is 0.749. The lowest BCUT2D eigenvalue weighted by Crippen LogP contribution is -2.22. The van der Waals surface area contributed by atoms with Gasteiger partial charge >= 0.3 is 6.09 Å². The average Bonchev–Trinajstić information content (AvgIpc) is 2.98. The molecular formula is C11H12BrNO3. The third-order valence-electron chi connectivity index (χ3n) is 2.68. The Balaban J connectivity index is 2.28. The molecule has 5 heteroatoms. The Kier molecular flexibility index (Phi) is 2.80. The molecule has 1 aliphatic carbocycles. The van der Waals surface area contributed by atoms with E-state index in [1.54, 1.807) is 7.11 Å². The monoisotopic (exact) mass is 285 g/mol. The first kappa shape index (κ1) is 11.3. The smallest absolute Gasteiger partial charge is 0.405 e. The standard InChI is InChI=1S/C11H12BrNO3/c1-15-9-3-2-7(6-8(9)12)11(4-5-11)16-10(13)14/h2-3,6H,4-5H2,1H3,(H2,13,14). The van der Waals surface area contributed by atoms with Crippen LogP contribution in [-0.2, 0) is 10.3 Å². The number of ether oxygens (including phenoxy) is 2. The zero-order valence-corrected chi connectivity index (χ0v) is 10.4. The molecule has 0 aliphatic heterocycles. The molecule has 0 radical (unpaired) electrons. The van der Waals surface area contributed by atoms with E-state index < -0.39 is 11.7 Å². The predicted molar refractivity (Wildman–Crippen MR) is 62.3 cm³/mol. The largest absolute Gasteiger partial charge is 0.496 e. The lowest BCUT2D eigenvalue weighted by molar-refractivity contribution is 0.0899. The molecule has 1 aromatic rings. The van der Waals surface area contributed by atoms with Crippen molar-refractivity contribution in [3.63, 3.8) is 0 Å². The van der Waals surface area contributed by atoms with Crippen molar-refractivity contribution in [2.24, 2.45) is 5.73 Å². The average molecular weight is 286 g/mol. The summed E-state index contributed by atoms with van der Waals surface area (Å²) >= 11 is 3.40. The van der Waals surface area contributed by atoms with E-state index in [-0.39, 0.29) is 0 Å². The summed E-state index contributed by atoms with van der Waals surface area (Å²) in [6.45, 7) is 0. The fraction of sp³-hybridized carbons (Fsp3) is 0.364. The summed E-state index contributed by atoms with van der Waals surface area (Å²) < 4.78 is 11.1. The highest BCUT2D eigenvalue weighted by Crippen LogP contribution is 2.50. The van der Waals surface area contributed by atoms with Gasteiger partial charge in [0.25, 0.3) is 0 Å². The minimum absolute atomic E-state index is 0.513. The highest BCUT2D eigenvalue weighted by Gasteiger charge is 2.48. The molecule has 0 bridgehead atoms. The summed E-state index contributed by atoms with van der Waals surface area (Å²) in [5.41, 5.74) is 5.48. The fourth-order valence-electron chi connectivity index (χ4n) is 1.71. The second-order valence-corrected chi connectivity index (χ2v) is 4.62. The van der Waals surface area contributed by atoms with Gasteiger partial charge < -0.3 is 15.2 Å². The zero-order chi connectivity index (χ0) is 11.8. The molecule has 0 aromatic heterocycles. The number of halogens is 1. The number of rotatable bonds is 3. The van der Waals surface area contributed by atoms with Crippen molar-refractivity contribution in [3.8, 4) is 5.75 Å². The second-order valence-electron chi connectivity index (χ2n) is 3.76. The summed E-state index contributed by atoms with van der Waals surface area (Å²) in [6.07, 6.45) is 0.896. The van der Waals surface area contributed by atoms with Crippen molar-refractivity contribution < 1.29 is 14.3 Å². The van der Waals surface area contributed by atoms with Crippen molar-refractivity contribution >= 4 is 22.0 Å². The summed E-state index contributed by atoms with van der Waals surface area (Å²) in [5, 5.41) is 0. The van der Waals surface area contributed by atoms with Crippen LogP contribution in [-0.4, -0.2) is 13.2 Å². The van der Waals surface area contributed by atoms with Gasteiger partial charge in [-0.25, -0.2) is 4.79 Å². The normalized spacial score (nSPS) is 16.6. The van der Waals surface area contributed by atoms with Gasteiger partial charge in [-0.05, 0) is 46.5 Å². The Bertz CT molecular complexity index is 429. The first-order chi connectivity index (χ1) is 7.57. The van der Waals surface area contributed by atoms with Crippen LogP contribution >= 0.6 is 15.9 Å². The summed E-state index contributed by atoms with van der Waals surface area (Å²) in [6, 6.07) is 5.62. The molecule has 1 saturated carbocycles. The van der Waals surface area contributed by atoms with E-state index in [1.807, 2.05) is 18.2 Å². The molecule has 1 amide bonds. The number of primary amides is 1. The van der Waals surface area contributed by atoms with Crippen LogP contribution in [0.4, 0.5) is 4.79 Å². The molecule has 0 saturated heterocycles. The first-order valence-corrected chi connectivity index (χ1v) is 5.69. The molecule has 2 rings (SSSR count). The van der Waals surface area contributed by atoms with E-state index in [1.165, 1.54) is 0 Å². The molecule has 0 unspecified atom stereocenters. The number of hydrogen-bond acceptors (Lipinski definition) is 3. The third-order valence-corrected chi connectivity index (χ3v) is 3.30. The van der Waals surface area contributed by atoms with Gasteiger partial charge in [0, 0.05) is 0 Å². The Hall–Kier alpha value is -1.23. The number of methoxy groups -OCH3 is 1. The van der Waals surface area contributed by atoms with E-state index in [9.17, 15) is 4.79 Å². The van der Waals surface area contributed by atoms with Gasteiger partial charge in [0.05, 0.1) is 11.6 Å². The van der Waals surface area contributed by atoms with Crippen LogP contribution in [0.1, 0.15) is 18.4 Å². The SMILES string of the molecule is COc1ccc(C2(OC(N)=O)CC2)cc1Br. The van der Waals surface area contributed by atoms with Gasteiger partial charge in [-0.15, -0.1) is 0 Å². The molecule has 0 heterocycles. The molecule has 1 aromatic carbocycles. The van der Waals surface area contributed by atoms with Crippen LogP contribution in [0, 0.1) is 0 Å². The minimum atomic E-state index is -0.732. The van der Waals surface area contributed by atoms with Crippen LogP contribution in [0.2, 0.25) is 0 Å². The van der Waals surface area contributed by atoms with Crippen LogP contribution in [0.5, 0.6) is 5.75 Å². The Morgan fingerprint density at radius 2 is 2.19 bits per heavy atom. The van der Waals surface area contributed by atoms with E-state index >= 15 is 0 Å². The van der Waals surface area contributed by atoms with Crippen molar-refractivity contribution in [1.29, 1.82) is 0 Å². The number of hydrogen-bond donors (Lipinski definition) is 1. The molecule has 86 valence electrons. The Morgan fingerprint density at radius 1 is 1.50 bits per heavy atom. The van der Waals surface area contributed by atoms with Crippen molar-refractivity contribution in [3.05, 3.63) is 28.2 Å². The number of carbonyl (C=O) groups is 1. The van der Waals surface area contributed by atoms with Gasteiger partial charge in [-0.3, -0.25) is 0 Å². The molecule has 0 atom stereocenters. The number of nitrogens with two attached hydrogens (primary N) is 1. The van der Waals surface area contributed by atoms with Crippen molar-refractivity contribution in [1.82, 2.24) is 0 Å². The van der Waals surface area contributed by atoms with Crippen LogP contribution in [0.25, 0.3) is 0 Å². The predicted octanol–water partition coefficient (Wildman–Crippen LogP) is 2.54. The summed E-state index contributed by atoms with van der Waals surface area (Å²) in [7, 11) is 1.60. The van der Waals surface area contributed by atoms with Crippen LogP contribution in [0.3, 0.4) is 0 Å².